The molecule has 0 aromatic heterocycles. The molecule has 1 unspecified atom stereocenters. The van der Waals surface area contributed by atoms with Crippen LogP contribution in [0.4, 0.5) is 0 Å². The molecule has 0 rings (SSSR count). The normalized spacial score (nSPS) is 12.0. The summed E-state index contributed by atoms with van der Waals surface area (Å²) in [6.07, 6.45) is 30.6. The molecule has 0 aliphatic rings. The number of carbonyl (C=O) groups excluding carboxylic acids is 2. The average molecular weight is 510 g/mol. The highest BCUT2D eigenvalue weighted by Gasteiger charge is 2.24. The first-order valence-corrected chi connectivity index (χ1v) is 16.1. The molecule has 0 fully saturated rings. The third kappa shape index (κ3) is 25.0. The summed E-state index contributed by atoms with van der Waals surface area (Å²) in [6.45, 7) is 8.76. The molecule has 0 heterocycles. The molecule has 3 heteroatoms. The third-order valence-corrected chi connectivity index (χ3v) is 7.75. The van der Waals surface area contributed by atoms with E-state index in [-0.39, 0.29) is 18.0 Å². The lowest BCUT2D eigenvalue weighted by Crippen LogP contribution is -2.23. The van der Waals surface area contributed by atoms with Gasteiger partial charge in [-0.15, -0.1) is 0 Å². The fourth-order valence-corrected chi connectivity index (χ4v) is 5.20. The fourth-order valence-electron chi connectivity index (χ4n) is 5.20. The molecule has 0 aromatic rings. The summed E-state index contributed by atoms with van der Waals surface area (Å²) in [6, 6.07) is 0. The van der Waals surface area contributed by atoms with Gasteiger partial charge in [-0.1, -0.05) is 156 Å². The predicted octanol–water partition coefficient (Wildman–Crippen LogP) is 11.4. The third-order valence-electron chi connectivity index (χ3n) is 7.75. The summed E-state index contributed by atoms with van der Waals surface area (Å²) in [5.74, 6) is 0.866. The number of ketones is 2. The van der Waals surface area contributed by atoms with E-state index in [2.05, 4.69) is 27.7 Å². The summed E-state index contributed by atoms with van der Waals surface area (Å²) in [7, 11) is 0. The van der Waals surface area contributed by atoms with E-state index in [1.54, 1.807) is 0 Å². The summed E-state index contributed by atoms with van der Waals surface area (Å²) in [5, 5.41) is 0. The molecule has 0 amide bonds. The maximum atomic E-state index is 12.8. The molecule has 0 spiro atoms. The Kier molecular flexibility index (Phi) is 30.0. The van der Waals surface area contributed by atoms with Crippen LogP contribution in [-0.4, -0.2) is 11.6 Å². The van der Waals surface area contributed by atoms with Gasteiger partial charge in [0.05, 0.1) is 0 Å². The molecule has 0 saturated heterocycles. The molecule has 0 radical (unpaired) electrons. The van der Waals surface area contributed by atoms with Crippen LogP contribution in [0.3, 0.4) is 0 Å². The number of hydrogen-bond acceptors (Lipinski definition) is 3. The highest BCUT2D eigenvalue weighted by atomic mass is 16.1. The van der Waals surface area contributed by atoms with Crippen LogP contribution in [0.1, 0.15) is 188 Å². The smallest absolute Gasteiger partial charge is 0.136 e. The Hall–Kier alpha value is -0.700. The molecule has 0 aromatic carbocycles. The SMILES string of the molecule is CCCCCCCCCCCCCC(=O)CC(C(=O)CCCCCCCCCCCCC)C(C)C.N. The summed E-state index contributed by atoms with van der Waals surface area (Å²) < 4.78 is 0. The molecule has 0 saturated carbocycles. The maximum absolute atomic E-state index is 12.8. The largest absolute Gasteiger partial charge is 0.344 e. The van der Waals surface area contributed by atoms with E-state index in [0.29, 0.717) is 30.8 Å². The Bertz CT molecular complexity index is 474. The minimum atomic E-state index is -0.0571. The Morgan fingerprint density at radius 1 is 0.472 bits per heavy atom. The van der Waals surface area contributed by atoms with Crippen molar-refractivity contribution in [2.45, 2.75) is 188 Å². The van der Waals surface area contributed by atoms with Crippen molar-refractivity contribution in [3.8, 4) is 0 Å². The summed E-state index contributed by atoms with van der Waals surface area (Å²) in [5.41, 5.74) is 0. The lowest BCUT2D eigenvalue weighted by molar-refractivity contribution is -0.129. The summed E-state index contributed by atoms with van der Waals surface area (Å²) in [4.78, 5) is 25.3. The zero-order valence-electron chi connectivity index (χ0n) is 25.4. The van der Waals surface area contributed by atoms with Crippen LogP contribution in [0.2, 0.25) is 0 Å². The van der Waals surface area contributed by atoms with E-state index in [1.807, 2.05) is 0 Å². The molecule has 0 aliphatic heterocycles. The van der Waals surface area contributed by atoms with Gasteiger partial charge in [-0.2, -0.15) is 0 Å². The van der Waals surface area contributed by atoms with Crippen LogP contribution in [0.25, 0.3) is 0 Å². The van der Waals surface area contributed by atoms with Crippen LogP contribution >= 0.6 is 0 Å². The molecular weight excluding hydrogens is 442 g/mol. The minimum Gasteiger partial charge on any atom is -0.344 e. The van der Waals surface area contributed by atoms with Gasteiger partial charge in [0.1, 0.15) is 11.6 Å². The minimum absolute atomic E-state index is 0. The lowest BCUT2D eigenvalue weighted by Gasteiger charge is -2.19. The van der Waals surface area contributed by atoms with Gasteiger partial charge in [0.15, 0.2) is 0 Å². The maximum Gasteiger partial charge on any atom is 0.136 e. The van der Waals surface area contributed by atoms with E-state index in [9.17, 15) is 9.59 Å². The van der Waals surface area contributed by atoms with Crippen molar-refractivity contribution in [2.24, 2.45) is 11.8 Å². The van der Waals surface area contributed by atoms with Crippen molar-refractivity contribution in [2.75, 3.05) is 0 Å². The molecule has 36 heavy (non-hydrogen) atoms. The quantitative estimate of drug-likeness (QED) is 0.107. The van der Waals surface area contributed by atoms with Crippen LogP contribution in [0.15, 0.2) is 0 Å². The Labute approximate surface area is 227 Å². The summed E-state index contributed by atoms with van der Waals surface area (Å²) >= 11 is 0. The van der Waals surface area contributed by atoms with Gasteiger partial charge >= 0.3 is 0 Å². The van der Waals surface area contributed by atoms with Gasteiger partial charge in [-0.25, -0.2) is 0 Å². The first-order chi connectivity index (χ1) is 17.0. The Morgan fingerprint density at radius 3 is 1.11 bits per heavy atom. The highest BCUT2D eigenvalue weighted by Crippen LogP contribution is 2.22. The second-order valence-electron chi connectivity index (χ2n) is 11.6. The molecule has 3 nitrogen and oxygen atoms in total. The number of rotatable bonds is 28. The van der Waals surface area contributed by atoms with Crippen molar-refractivity contribution < 1.29 is 9.59 Å². The highest BCUT2D eigenvalue weighted by molar-refractivity contribution is 5.88. The molecule has 0 bridgehead atoms. The fraction of sp³-hybridized carbons (Fsp3) is 0.939. The van der Waals surface area contributed by atoms with Gasteiger partial charge in [0, 0.05) is 25.2 Å². The van der Waals surface area contributed by atoms with E-state index in [4.69, 9.17) is 0 Å². The van der Waals surface area contributed by atoms with Gasteiger partial charge in [0.25, 0.3) is 0 Å². The first-order valence-electron chi connectivity index (χ1n) is 16.1. The molecular formula is C33H67NO2. The molecule has 216 valence electrons. The van der Waals surface area contributed by atoms with E-state index in [0.717, 1.165) is 12.8 Å². The van der Waals surface area contributed by atoms with Crippen LogP contribution < -0.4 is 6.15 Å². The second kappa shape index (κ2) is 28.9. The van der Waals surface area contributed by atoms with Crippen LogP contribution in [0, 0.1) is 11.8 Å². The monoisotopic (exact) mass is 510 g/mol. The number of unbranched alkanes of at least 4 members (excludes halogenated alkanes) is 20. The molecule has 1 atom stereocenters. The van der Waals surface area contributed by atoms with Crippen molar-refractivity contribution in [1.82, 2.24) is 6.15 Å². The number of Topliss-reactive ketones (excluding diaryl/α,β-unsaturated/α-hetero) is 2. The van der Waals surface area contributed by atoms with E-state index < -0.39 is 0 Å². The van der Waals surface area contributed by atoms with Gasteiger partial charge < -0.3 is 6.15 Å². The zero-order chi connectivity index (χ0) is 26.0. The second-order valence-corrected chi connectivity index (χ2v) is 11.6. The lowest BCUT2D eigenvalue weighted by atomic mass is 9.84. The molecule has 0 aliphatic carbocycles. The Balaban J connectivity index is 0. The van der Waals surface area contributed by atoms with Gasteiger partial charge in [-0.05, 0) is 18.8 Å². The van der Waals surface area contributed by atoms with Crippen molar-refractivity contribution >= 4 is 11.6 Å². The van der Waals surface area contributed by atoms with E-state index in [1.165, 1.54) is 128 Å². The van der Waals surface area contributed by atoms with Gasteiger partial charge in [-0.3, -0.25) is 9.59 Å². The zero-order valence-corrected chi connectivity index (χ0v) is 25.4. The average Bonchev–Trinajstić information content (AvgIpc) is 2.84. The predicted molar refractivity (Wildman–Crippen MR) is 160 cm³/mol. The van der Waals surface area contributed by atoms with Crippen molar-refractivity contribution in [3.05, 3.63) is 0 Å². The van der Waals surface area contributed by atoms with Crippen LogP contribution in [0.5, 0.6) is 0 Å². The van der Waals surface area contributed by atoms with Gasteiger partial charge in [0.2, 0.25) is 0 Å². The number of carbonyl (C=O) groups is 2. The molecule has 3 N–H and O–H groups in total. The van der Waals surface area contributed by atoms with Crippen molar-refractivity contribution in [3.63, 3.8) is 0 Å². The number of hydrogen-bond donors (Lipinski definition) is 1. The first kappa shape index (κ1) is 37.5. The van der Waals surface area contributed by atoms with E-state index >= 15 is 0 Å². The topological polar surface area (TPSA) is 69.1 Å². The van der Waals surface area contributed by atoms with Crippen molar-refractivity contribution in [1.29, 1.82) is 0 Å². The standard InChI is InChI=1S/C33H64O2.H3N/c1-5-7-9-11-13-15-17-19-21-23-25-27-31(34)29-32(30(3)4)33(35)28-26-24-22-20-18-16-14-12-10-8-6-2;/h30,32H,5-29H2,1-4H3;1H3. The Morgan fingerprint density at radius 2 is 0.778 bits per heavy atom. The van der Waals surface area contributed by atoms with Crippen LogP contribution in [-0.2, 0) is 9.59 Å².